The number of nitrogens with zero attached hydrogens (tertiary/aromatic N) is 2. The van der Waals surface area contributed by atoms with E-state index in [0.717, 1.165) is 56.2 Å². The Morgan fingerprint density at radius 2 is 2.16 bits per heavy atom. The Bertz CT molecular complexity index is 951. The molecule has 2 unspecified atom stereocenters. The minimum atomic E-state index is -0.829. The van der Waals surface area contributed by atoms with E-state index in [1.54, 1.807) is 11.9 Å². The zero-order valence-corrected chi connectivity index (χ0v) is 19.0. The lowest BCUT2D eigenvalue weighted by molar-refractivity contribution is 0.154. The fourth-order valence-electron chi connectivity index (χ4n) is 4.11. The first kappa shape index (κ1) is 23.5. The van der Waals surface area contributed by atoms with Crippen LogP contribution in [0.15, 0.2) is 71.5 Å². The van der Waals surface area contributed by atoms with Crippen LogP contribution in [0, 0.1) is 11.6 Å². The van der Waals surface area contributed by atoms with Crippen molar-refractivity contribution in [2.75, 3.05) is 0 Å². The second-order valence-corrected chi connectivity index (χ2v) is 9.17. The summed E-state index contributed by atoms with van der Waals surface area (Å²) in [5.41, 5.74) is 2.98. The van der Waals surface area contributed by atoms with Gasteiger partial charge in [-0.3, -0.25) is 0 Å². The first-order valence-corrected chi connectivity index (χ1v) is 11.6. The topological polar surface area (TPSA) is 35.8 Å². The first-order chi connectivity index (χ1) is 14.8. The van der Waals surface area contributed by atoms with Crippen LogP contribution in [0.4, 0.5) is 8.78 Å². The van der Waals surface area contributed by atoms with Crippen molar-refractivity contribution >= 4 is 16.8 Å². The number of hydrogen-bond acceptors (Lipinski definition) is 4. The Kier molecular flexibility index (Phi) is 7.55. The maximum absolute atomic E-state index is 14.6. The minimum Gasteiger partial charge on any atom is -0.387 e. The third-order valence-electron chi connectivity index (χ3n) is 5.77. The predicted octanol–water partition coefficient (Wildman–Crippen LogP) is 6.68. The maximum atomic E-state index is 14.6. The second kappa shape index (κ2) is 9.96. The summed E-state index contributed by atoms with van der Waals surface area (Å²) in [6.07, 6.45) is 10.5. The maximum Gasteiger partial charge on any atom is 0.139 e. The molecule has 0 bridgehead atoms. The van der Waals surface area contributed by atoms with Crippen LogP contribution >= 0.6 is 11.8 Å². The summed E-state index contributed by atoms with van der Waals surface area (Å²) in [7, 11) is 0. The van der Waals surface area contributed by atoms with Gasteiger partial charge in [0.1, 0.15) is 21.5 Å². The zero-order chi connectivity index (χ0) is 22.6. The van der Waals surface area contributed by atoms with Crippen molar-refractivity contribution in [3.05, 3.63) is 83.6 Å². The van der Waals surface area contributed by atoms with Gasteiger partial charge >= 0.3 is 0 Å². The van der Waals surface area contributed by atoms with Crippen molar-refractivity contribution in [3.8, 4) is 0 Å². The number of allylic oxidation sites excluding steroid dienone is 3. The molecule has 31 heavy (non-hydrogen) atoms. The van der Waals surface area contributed by atoms with E-state index in [0.29, 0.717) is 10.7 Å². The Balaban J connectivity index is 2.20. The van der Waals surface area contributed by atoms with E-state index in [4.69, 9.17) is 5.10 Å². The molecule has 0 fully saturated rings. The number of thioether (sulfide) groups is 1. The van der Waals surface area contributed by atoms with Crippen LogP contribution in [0.25, 0.3) is 0 Å². The van der Waals surface area contributed by atoms with Gasteiger partial charge in [0.25, 0.3) is 0 Å². The molecule has 1 aliphatic heterocycles. The molecular weight excluding hydrogens is 414 g/mol. The van der Waals surface area contributed by atoms with Gasteiger partial charge in [-0.2, -0.15) is 5.10 Å². The molecule has 0 saturated heterocycles. The normalized spacial score (nSPS) is 22.7. The highest BCUT2D eigenvalue weighted by Crippen LogP contribution is 2.53. The third-order valence-corrected chi connectivity index (χ3v) is 7.20. The summed E-state index contributed by atoms with van der Waals surface area (Å²) < 4.78 is 28.6. The van der Waals surface area contributed by atoms with Crippen LogP contribution in [0.3, 0.4) is 0 Å². The number of hydrazone groups is 1. The Morgan fingerprint density at radius 3 is 2.84 bits per heavy atom. The molecule has 2 aliphatic rings. The number of halogens is 2. The number of aliphatic hydroxyl groups is 1. The van der Waals surface area contributed by atoms with Gasteiger partial charge in [-0.05, 0) is 69.2 Å². The van der Waals surface area contributed by atoms with Gasteiger partial charge in [-0.1, -0.05) is 49.1 Å². The van der Waals surface area contributed by atoms with Crippen molar-refractivity contribution in [2.24, 2.45) is 5.10 Å². The van der Waals surface area contributed by atoms with Gasteiger partial charge in [-0.25, -0.2) is 13.8 Å². The highest BCUT2D eigenvalue weighted by atomic mass is 32.2. The lowest BCUT2D eigenvalue weighted by Gasteiger charge is -2.40. The highest BCUT2D eigenvalue weighted by molar-refractivity contribution is 8.16. The molecule has 1 aromatic rings. The number of aliphatic hydroxyl groups excluding tert-OH is 1. The quantitative estimate of drug-likeness (QED) is 0.477. The Labute approximate surface area is 187 Å². The molecule has 1 spiro atoms. The average Bonchev–Trinajstić information content (AvgIpc) is 3.03. The Hall–Kier alpha value is -2.18. The molecule has 6 heteroatoms. The number of hydrogen-bond donors (Lipinski definition) is 1. The van der Waals surface area contributed by atoms with Gasteiger partial charge in [0.05, 0.1) is 11.8 Å². The lowest BCUT2D eigenvalue weighted by Crippen LogP contribution is -2.43. The van der Waals surface area contributed by atoms with Crippen molar-refractivity contribution in [3.63, 3.8) is 0 Å². The van der Waals surface area contributed by atoms with Gasteiger partial charge in [0, 0.05) is 5.56 Å². The summed E-state index contributed by atoms with van der Waals surface area (Å²) in [6, 6.07) is 3.40. The summed E-state index contributed by atoms with van der Waals surface area (Å²) in [4.78, 5) is -0.665. The monoisotopic (exact) mass is 444 g/mol. The largest absolute Gasteiger partial charge is 0.387 e. The molecule has 0 saturated carbocycles. The summed E-state index contributed by atoms with van der Waals surface area (Å²) in [5.74, 6) is -1.04. The standard InChI is InChI=1S/C25H30F2N2OS/c1-5-7-8-12-22-19(6-2)11-9-10-15-25(22)29(17(3)18(4)30)28-24(31-25)21-16-20(26)13-14-23(21)27/h5,8,12-14,16,18,30H,1,3,6-7,9-11,15H2,2,4H3/b12-8-. The Morgan fingerprint density at radius 1 is 1.39 bits per heavy atom. The zero-order valence-electron chi connectivity index (χ0n) is 18.2. The van der Waals surface area contributed by atoms with Gasteiger partial charge < -0.3 is 5.11 Å². The lowest BCUT2D eigenvalue weighted by atomic mass is 9.94. The van der Waals surface area contributed by atoms with E-state index in [9.17, 15) is 13.9 Å². The molecule has 0 amide bonds. The van der Waals surface area contributed by atoms with Crippen molar-refractivity contribution in [1.82, 2.24) is 5.01 Å². The van der Waals surface area contributed by atoms with E-state index >= 15 is 0 Å². The van der Waals surface area contributed by atoms with Crippen LogP contribution < -0.4 is 0 Å². The van der Waals surface area contributed by atoms with Gasteiger partial charge in [0.2, 0.25) is 0 Å². The smallest absolute Gasteiger partial charge is 0.139 e. The molecular formula is C25H30F2N2OS. The fourth-order valence-corrected chi connectivity index (χ4v) is 5.63. The summed E-state index contributed by atoms with van der Waals surface area (Å²) >= 11 is 1.42. The minimum absolute atomic E-state index is 0.127. The number of benzene rings is 1. The van der Waals surface area contributed by atoms with Crippen LogP contribution in [-0.4, -0.2) is 26.1 Å². The highest BCUT2D eigenvalue weighted by Gasteiger charge is 2.49. The van der Waals surface area contributed by atoms with E-state index < -0.39 is 22.6 Å². The van der Waals surface area contributed by atoms with Crippen LogP contribution in [0.1, 0.15) is 57.9 Å². The third kappa shape index (κ3) is 4.70. The predicted molar refractivity (Wildman–Crippen MR) is 126 cm³/mol. The molecule has 1 N–H and O–H groups in total. The summed E-state index contributed by atoms with van der Waals surface area (Å²) in [5, 5.41) is 17.2. The molecule has 0 aromatic heterocycles. The van der Waals surface area contributed by atoms with Gasteiger partial charge in [-0.15, -0.1) is 6.58 Å². The van der Waals surface area contributed by atoms with Crippen LogP contribution in [-0.2, 0) is 0 Å². The molecule has 166 valence electrons. The van der Waals surface area contributed by atoms with Crippen molar-refractivity contribution < 1.29 is 13.9 Å². The van der Waals surface area contributed by atoms with E-state index in [1.165, 1.54) is 23.4 Å². The van der Waals surface area contributed by atoms with Crippen molar-refractivity contribution in [2.45, 2.75) is 63.3 Å². The second-order valence-electron chi connectivity index (χ2n) is 7.90. The molecule has 3 nitrogen and oxygen atoms in total. The summed E-state index contributed by atoms with van der Waals surface area (Å²) in [6.45, 7) is 11.7. The average molecular weight is 445 g/mol. The molecule has 1 aliphatic carbocycles. The van der Waals surface area contributed by atoms with Crippen LogP contribution in [0.2, 0.25) is 0 Å². The fraction of sp³-hybridized carbons (Fsp3) is 0.400. The molecule has 3 rings (SSSR count). The van der Waals surface area contributed by atoms with Gasteiger partial charge in [0.15, 0.2) is 0 Å². The van der Waals surface area contributed by atoms with Crippen molar-refractivity contribution in [1.29, 1.82) is 0 Å². The van der Waals surface area contributed by atoms with E-state index in [1.807, 2.05) is 6.08 Å². The van der Waals surface area contributed by atoms with E-state index in [-0.39, 0.29) is 5.56 Å². The number of rotatable bonds is 7. The molecule has 0 radical (unpaired) electrons. The molecule has 1 aromatic carbocycles. The molecule has 1 heterocycles. The molecule has 2 atom stereocenters. The SMILES string of the molecule is C=CC/C=C\C1=C(CC)CCCCC12SC(c1cc(F)ccc1F)=NN2C(=C)C(C)O. The van der Waals surface area contributed by atoms with Crippen LogP contribution in [0.5, 0.6) is 0 Å². The first-order valence-electron chi connectivity index (χ1n) is 10.7. The van der Waals surface area contributed by atoms with E-state index in [2.05, 4.69) is 32.2 Å².